The van der Waals surface area contributed by atoms with Gasteiger partial charge in [-0.05, 0) is 30.0 Å². The Morgan fingerprint density at radius 2 is 1.95 bits per heavy atom. The number of rotatable bonds is 3. The molecule has 1 aromatic carbocycles. The van der Waals surface area contributed by atoms with E-state index in [-0.39, 0.29) is 5.91 Å². The van der Waals surface area contributed by atoms with Gasteiger partial charge in [-0.1, -0.05) is 26.0 Å². The predicted molar refractivity (Wildman–Crippen MR) is 84.6 cm³/mol. The van der Waals surface area contributed by atoms with Gasteiger partial charge < -0.3 is 9.47 Å². The fourth-order valence-corrected chi connectivity index (χ4v) is 2.87. The third-order valence-electron chi connectivity index (χ3n) is 4.04. The van der Waals surface area contributed by atoms with Crippen molar-refractivity contribution < 1.29 is 4.79 Å². The minimum Gasteiger partial charge on any atom is -0.336 e. The van der Waals surface area contributed by atoms with Crippen LogP contribution in [0.25, 0.3) is 0 Å². The molecule has 2 heterocycles. The van der Waals surface area contributed by atoms with Crippen LogP contribution in [-0.4, -0.2) is 38.7 Å². The van der Waals surface area contributed by atoms with Gasteiger partial charge in [0.05, 0.1) is 0 Å². The molecule has 0 saturated heterocycles. The summed E-state index contributed by atoms with van der Waals surface area (Å²) in [5.74, 6) is 1.69. The molecule has 0 spiro atoms. The van der Waals surface area contributed by atoms with Gasteiger partial charge in [-0.3, -0.25) is 4.79 Å². The molecule has 2 aromatic rings. The van der Waals surface area contributed by atoms with Crippen molar-refractivity contribution in [2.75, 3.05) is 13.1 Å². The Morgan fingerprint density at radius 3 is 2.68 bits per heavy atom. The lowest BCUT2D eigenvalue weighted by molar-refractivity contribution is 0.0759. The van der Waals surface area contributed by atoms with Crippen molar-refractivity contribution in [3.63, 3.8) is 0 Å². The Morgan fingerprint density at radius 1 is 1.18 bits per heavy atom. The molecule has 1 amide bonds. The van der Waals surface area contributed by atoms with Gasteiger partial charge in [0.1, 0.15) is 12.2 Å². The fourth-order valence-electron chi connectivity index (χ4n) is 2.87. The summed E-state index contributed by atoms with van der Waals surface area (Å²) < 4.78 is 2.03. The van der Waals surface area contributed by atoms with Gasteiger partial charge in [-0.15, -0.1) is 10.2 Å². The van der Waals surface area contributed by atoms with Gasteiger partial charge in [0.2, 0.25) is 0 Å². The molecular weight excluding hydrogens is 276 g/mol. The maximum absolute atomic E-state index is 12.6. The van der Waals surface area contributed by atoms with E-state index in [0.717, 1.165) is 30.8 Å². The first-order valence-electron chi connectivity index (χ1n) is 7.88. The van der Waals surface area contributed by atoms with E-state index in [9.17, 15) is 4.79 Å². The number of carbonyl (C=O) groups excluding carboxylic acids is 1. The molecule has 5 nitrogen and oxygen atoms in total. The number of hydrogen-bond donors (Lipinski definition) is 0. The fraction of sp³-hybridized carbons (Fsp3) is 0.471. The van der Waals surface area contributed by atoms with Crippen LogP contribution in [0, 0.1) is 5.92 Å². The molecule has 0 atom stereocenters. The second kappa shape index (κ2) is 6.30. The highest BCUT2D eigenvalue weighted by molar-refractivity contribution is 5.94. The van der Waals surface area contributed by atoms with Crippen LogP contribution in [0.1, 0.15) is 35.6 Å². The lowest BCUT2D eigenvalue weighted by Crippen LogP contribution is -2.33. The molecule has 0 saturated carbocycles. The molecule has 1 aliphatic rings. The molecule has 0 bridgehead atoms. The second-order valence-corrected chi connectivity index (χ2v) is 6.28. The maximum Gasteiger partial charge on any atom is 0.253 e. The van der Waals surface area contributed by atoms with Gasteiger partial charge >= 0.3 is 0 Å². The standard InChI is InChI=1S/C17H22N4O/c1-13(2)11-14-3-5-15(6-4-14)17(22)20-8-7-16-19-18-12-21(16)10-9-20/h3-6,12-13H,7-11H2,1-2H3. The van der Waals surface area contributed by atoms with Crippen molar-refractivity contribution in [3.05, 3.63) is 47.5 Å². The van der Waals surface area contributed by atoms with E-state index in [1.807, 2.05) is 21.6 Å². The van der Waals surface area contributed by atoms with E-state index in [0.29, 0.717) is 19.0 Å². The minimum absolute atomic E-state index is 0.106. The molecule has 116 valence electrons. The van der Waals surface area contributed by atoms with Crippen molar-refractivity contribution in [3.8, 4) is 0 Å². The lowest BCUT2D eigenvalue weighted by atomic mass is 10.0. The van der Waals surface area contributed by atoms with Gasteiger partial charge in [0.15, 0.2) is 0 Å². The molecule has 0 aliphatic carbocycles. The largest absolute Gasteiger partial charge is 0.336 e. The molecule has 0 unspecified atom stereocenters. The first-order chi connectivity index (χ1) is 10.6. The molecular formula is C17H22N4O. The zero-order valence-corrected chi connectivity index (χ0v) is 13.2. The first-order valence-corrected chi connectivity index (χ1v) is 7.88. The molecule has 0 N–H and O–H groups in total. The minimum atomic E-state index is 0.106. The highest BCUT2D eigenvalue weighted by Gasteiger charge is 2.20. The topological polar surface area (TPSA) is 51.0 Å². The molecule has 1 aliphatic heterocycles. The van der Waals surface area contributed by atoms with Crippen LogP contribution in [0.15, 0.2) is 30.6 Å². The van der Waals surface area contributed by atoms with E-state index in [4.69, 9.17) is 0 Å². The van der Waals surface area contributed by atoms with E-state index in [2.05, 4.69) is 36.2 Å². The summed E-state index contributed by atoms with van der Waals surface area (Å²) in [6.07, 6.45) is 3.55. The molecule has 5 heteroatoms. The van der Waals surface area contributed by atoms with E-state index in [1.54, 1.807) is 6.33 Å². The van der Waals surface area contributed by atoms with Crippen molar-refractivity contribution >= 4 is 5.91 Å². The van der Waals surface area contributed by atoms with Crippen molar-refractivity contribution in [2.45, 2.75) is 33.2 Å². The average Bonchev–Trinajstić information content (AvgIpc) is 2.85. The van der Waals surface area contributed by atoms with Crippen LogP contribution < -0.4 is 0 Å². The number of hydrogen-bond acceptors (Lipinski definition) is 3. The van der Waals surface area contributed by atoms with Crippen LogP contribution in [0.2, 0.25) is 0 Å². The molecule has 3 rings (SSSR count). The van der Waals surface area contributed by atoms with Crippen molar-refractivity contribution in [1.29, 1.82) is 0 Å². The number of nitrogens with zero attached hydrogens (tertiary/aromatic N) is 4. The summed E-state index contributed by atoms with van der Waals surface area (Å²) >= 11 is 0. The average molecular weight is 298 g/mol. The van der Waals surface area contributed by atoms with E-state index < -0.39 is 0 Å². The number of fused-ring (bicyclic) bond motifs is 1. The van der Waals surface area contributed by atoms with Crippen LogP contribution in [-0.2, 0) is 19.4 Å². The number of benzene rings is 1. The number of carbonyl (C=O) groups is 1. The number of aromatic nitrogens is 3. The number of amides is 1. The summed E-state index contributed by atoms with van der Waals surface area (Å²) in [6, 6.07) is 8.04. The van der Waals surface area contributed by atoms with Crippen LogP contribution >= 0.6 is 0 Å². The molecule has 0 fully saturated rings. The molecule has 22 heavy (non-hydrogen) atoms. The monoisotopic (exact) mass is 298 g/mol. The lowest BCUT2D eigenvalue weighted by Gasteiger charge is -2.20. The summed E-state index contributed by atoms with van der Waals surface area (Å²) in [5, 5.41) is 8.01. The van der Waals surface area contributed by atoms with Gasteiger partial charge in [-0.25, -0.2) is 0 Å². The van der Waals surface area contributed by atoms with Gasteiger partial charge in [0.25, 0.3) is 5.91 Å². The van der Waals surface area contributed by atoms with E-state index in [1.165, 1.54) is 5.56 Å². The normalized spacial score (nSPS) is 14.8. The highest BCUT2D eigenvalue weighted by Crippen LogP contribution is 2.13. The Kier molecular flexibility index (Phi) is 4.22. The van der Waals surface area contributed by atoms with Crippen LogP contribution in [0.5, 0.6) is 0 Å². The second-order valence-electron chi connectivity index (χ2n) is 6.28. The first kappa shape index (κ1) is 14.8. The van der Waals surface area contributed by atoms with Gasteiger partial charge in [0, 0.05) is 31.6 Å². The quantitative estimate of drug-likeness (QED) is 0.872. The molecule has 1 aromatic heterocycles. The van der Waals surface area contributed by atoms with Gasteiger partial charge in [-0.2, -0.15) is 0 Å². The Labute approximate surface area is 131 Å². The summed E-state index contributed by atoms with van der Waals surface area (Å²) in [6.45, 7) is 6.57. The zero-order valence-electron chi connectivity index (χ0n) is 13.2. The Bertz CT molecular complexity index is 622. The molecule has 0 radical (unpaired) electrons. The predicted octanol–water partition coefficient (Wildman–Crippen LogP) is 2.18. The Hall–Kier alpha value is -2.17. The summed E-state index contributed by atoms with van der Waals surface area (Å²) in [7, 11) is 0. The van der Waals surface area contributed by atoms with Crippen molar-refractivity contribution in [1.82, 2.24) is 19.7 Å². The van der Waals surface area contributed by atoms with Crippen molar-refractivity contribution in [2.24, 2.45) is 5.92 Å². The third kappa shape index (κ3) is 3.18. The van der Waals surface area contributed by atoms with E-state index >= 15 is 0 Å². The summed E-state index contributed by atoms with van der Waals surface area (Å²) in [5.41, 5.74) is 2.05. The summed E-state index contributed by atoms with van der Waals surface area (Å²) in [4.78, 5) is 14.5. The SMILES string of the molecule is CC(C)Cc1ccc(C(=O)N2CCc3nncn3CC2)cc1. The van der Waals surface area contributed by atoms with Crippen LogP contribution in [0.4, 0.5) is 0 Å². The zero-order chi connectivity index (χ0) is 15.5. The third-order valence-corrected chi connectivity index (χ3v) is 4.04. The highest BCUT2D eigenvalue weighted by atomic mass is 16.2. The van der Waals surface area contributed by atoms with Crippen LogP contribution in [0.3, 0.4) is 0 Å². The Balaban J connectivity index is 1.67. The smallest absolute Gasteiger partial charge is 0.253 e. The maximum atomic E-state index is 12.6.